The lowest BCUT2D eigenvalue weighted by atomic mass is 9.99. The zero-order chi connectivity index (χ0) is 19.9. The Labute approximate surface area is 168 Å². The van der Waals surface area contributed by atoms with Crippen molar-refractivity contribution in [1.29, 1.82) is 0 Å². The Kier molecular flexibility index (Phi) is 5.02. The molecule has 0 amide bonds. The lowest BCUT2D eigenvalue weighted by Crippen LogP contribution is -2.36. The van der Waals surface area contributed by atoms with E-state index in [2.05, 4.69) is 16.8 Å². The standard InChI is InChI=1S/C21H20ClFN2O2S/c1-14-3-2-10-25(13-14)21-18-11-16(23)6-9-19(18)24-12-20(21)28(26,27)17-7-4-15(22)5-8-17/h4-9,11-12,14H,2-3,10,13H2,1H3/p+1/t14-/m1/s1. The number of sulfone groups is 1. The van der Waals surface area contributed by atoms with Crippen LogP contribution in [-0.4, -0.2) is 21.5 Å². The van der Waals surface area contributed by atoms with E-state index in [1.807, 2.05) is 0 Å². The highest BCUT2D eigenvalue weighted by molar-refractivity contribution is 7.91. The van der Waals surface area contributed by atoms with Crippen molar-refractivity contribution in [3.05, 3.63) is 59.5 Å². The summed E-state index contributed by atoms with van der Waals surface area (Å²) in [7, 11) is -3.81. The highest BCUT2D eigenvalue weighted by Gasteiger charge is 2.31. The first-order valence-electron chi connectivity index (χ1n) is 9.26. The number of pyridine rings is 1. The summed E-state index contributed by atoms with van der Waals surface area (Å²) in [5.74, 6) is 0.0425. The number of nitrogens with zero attached hydrogens (tertiary/aromatic N) is 1. The quantitative estimate of drug-likeness (QED) is 0.627. The summed E-state index contributed by atoms with van der Waals surface area (Å²) in [6.45, 7) is 3.62. The van der Waals surface area contributed by atoms with Crippen molar-refractivity contribution in [1.82, 2.24) is 0 Å². The summed E-state index contributed by atoms with van der Waals surface area (Å²) in [4.78, 5) is 5.42. The zero-order valence-electron chi connectivity index (χ0n) is 15.5. The van der Waals surface area contributed by atoms with Gasteiger partial charge in [0.15, 0.2) is 11.1 Å². The predicted octanol–water partition coefficient (Wildman–Crippen LogP) is 4.52. The van der Waals surface area contributed by atoms with E-state index in [-0.39, 0.29) is 9.79 Å². The van der Waals surface area contributed by atoms with Crippen molar-refractivity contribution in [3.8, 4) is 0 Å². The summed E-state index contributed by atoms with van der Waals surface area (Å²) >= 11 is 5.92. The van der Waals surface area contributed by atoms with Gasteiger partial charge in [0.1, 0.15) is 5.82 Å². The number of aromatic amines is 1. The van der Waals surface area contributed by atoms with Gasteiger partial charge in [-0.05, 0) is 55.2 Å². The summed E-state index contributed by atoms with van der Waals surface area (Å²) in [6.07, 6.45) is 3.58. The van der Waals surface area contributed by atoms with E-state index in [0.29, 0.717) is 27.5 Å². The highest BCUT2D eigenvalue weighted by Crippen LogP contribution is 2.37. The molecule has 28 heavy (non-hydrogen) atoms. The summed E-state index contributed by atoms with van der Waals surface area (Å²) in [6, 6.07) is 10.5. The fourth-order valence-corrected chi connectivity index (χ4v) is 5.43. The zero-order valence-corrected chi connectivity index (χ0v) is 17.0. The molecule has 0 radical (unpaired) electrons. The van der Waals surface area contributed by atoms with Crippen LogP contribution in [0.25, 0.3) is 10.9 Å². The number of benzene rings is 2. The van der Waals surface area contributed by atoms with Crippen LogP contribution in [0.5, 0.6) is 0 Å². The van der Waals surface area contributed by atoms with Gasteiger partial charge in [-0.2, -0.15) is 0 Å². The van der Waals surface area contributed by atoms with E-state index >= 15 is 0 Å². The molecule has 0 aliphatic carbocycles. The third-order valence-corrected chi connectivity index (χ3v) is 7.25. The minimum absolute atomic E-state index is 0.155. The molecule has 1 aliphatic heterocycles. The second-order valence-corrected chi connectivity index (χ2v) is 9.70. The number of piperidine rings is 1. The van der Waals surface area contributed by atoms with Crippen molar-refractivity contribution in [2.75, 3.05) is 18.0 Å². The van der Waals surface area contributed by atoms with Gasteiger partial charge in [0, 0.05) is 24.2 Å². The van der Waals surface area contributed by atoms with Gasteiger partial charge in [0.25, 0.3) is 0 Å². The number of aromatic nitrogens is 1. The number of fused-ring (bicyclic) bond motifs is 1. The molecular formula is C21H21ClFN2O2S+. The molecule has 146 valence electrons. The first-order chi connectivity index (χ1) is 13.4. The highest BCUT2D eigenvalue weighted by atomic mass is 35.5. The van der Waals surface area contributed by atoms with Gasteiger partial charge < -0.3 is 4.90 Å². The molecule has 0 saturated carbocycles. The largest absolute Gasteiger partial charge is 0.369 e. The molecule has 1 fully saturated rings. The number of halogens is 2. The molecule has 0 spiro atoms. The van der Waals surface area contributed by atoms with Crippen LogP contribution in [-0.2, 0) is 9.84 Å². The van der Waals surface area contributed by atoms with Gasteiger partial charge in [0.05, 0.1) is 16.0 Å². The minimum atomic E-state index is -3.81. The van der Waals surface area contributed by atoms with E-state index in [1.165, 1.54) is 30.5 Å². The number of anilines is 1. The number of H-pyrrole nitrogens is 1. The summed E-state index contributed by atoms with van der Waals surface area (Å²) in [5, 5.41) is 1.04. The van der Waals surface area contributed by atoms with E-state index in [1.54, 1.807) is 18.2 Å². The monoisotopic (exact) mass is 419 g/mol. The van der Waals surface area contributed by atoms with Crippen LogP contribution in [0.1, 0.15) is 19.8 Å². The Morgan fingerprint density at radius 1 is 1.18 bits per heavy atom. The topological polar surface area (TPSA) is 51.5 Å². The van der Waals surface area contributed by atoms with Gasteiger partial charge in [-0.25, -0.2) is 17.8 Å². The predicted molar refractivity (Wildman–Crippen MR) is 108 cm³/mol. The van der Waals surface area contributed by atoms with E-state index in [0.717, 1.165) is 25.9 Å². The second kappa shape index (κ2) is 7.33. The van der Waals surface area contributed by atoms with Crippen molar-refractivity contribution in [2.45, 2.75) is 29.6 Å². The van der Waals surface area contributed by atoms with Crippen LogP contribution < -0.4 is 9.88 Å². The van der Waals surface area contributed by atoms with Gasteiger partial charge in [-0.15, -0.1) is 0 Å². The average molecular weight is 420 g/mol. The van der Waals surface area contributed by atoms with Crippen molar-refractivity contribution < 1.29 is 17.8 Å². The fraction of sp³-hybridized carbons (Fsp3) is 0.286. The first-order valence-corrected chi connectivity index (χ1v) is 11.1. The lowest BCUT2D eigenvalue weighted by Gasteiger charge is -2.34. The molecule has 3 aromatic rings. The third-order valence-electron chi connectivity index (χ3n) is 5.22. The summed E-state index contributed by atoms with van der Waals surface area (Å²) < 4.78 is 40.9. The van der Waals surface area contributed by atoms with Crippen molar-refractivity contribution in [2.24, 2.45) is 5.92 Å². The lowest BCUT2D eigenvalue weighted by molar-refractivity contribution is -0.347. The third kappa shape index (κ3) is 3.47. The number of nitrogens with one attached hydrogen (secondary N) is 1. The van der Waals surface area contributed by atoms with Crippen LogP contribution in [0.2, 0.25) is 5.02 Å². The Bertz CT molecular complexity index is 1130. The maximum absolute atomic E-state index is 14.1. The van der Waals surface area contributed by atoms with Crippen LogP contribution in [0.4, 0.5) is 10.1 Å². The molecule has 2 aromatic carbocycles. The molecular weight excluding hydrogens is 399 g/mol. The Morgan fingerprint density at radius 3 is 2.64 bits per heavy atom. The smallest absolute Gasteiger partial charge is 0.214 e. The normalized spacial score (nSPS) is 17.8. The molecule has 4 nitrogen and oxygen atoms in total. The first kappa shape index (κ1) is 19.2. The molecule has 1 N–H and O–H groups in total. The molecule has 0 unspecified atom stereocenters. The Morgan fingerprint density at radius 2 is 1.93 bits per heavy atom. The molecule has 4 rings (SSSR count). The summed E-state index contributed by atoms with van der Waals surface area (Å²) in [5.41, 5.74) is 1.26. The maximum Gasteiger partial charge on any atom is 0.214 e. The molecule has 1 atom stereocenters. The molecule has 0 bridgehead atoms. The van der Waals surface area contributed by atoms with Crippen molar-refractivity contribution in [3.63, 3.8) is 0 Å². The van der Waals surface area contributed by atoms with Crippen molar-refractivity contribution >= 4 is 38.0 Å². The number of hydrogen-bond donors (Lipinski definition) is 0. The van der Waals surface area contributed by atoms with Gasteiger partial charge in [-0.3, -0.25) is 0 Å². The molecule has 1 aromatic heterocycles. The Hall–Kier alpha value is -2.18. The maximum atomic E-state index is 14.1. The number of hydrogen-bond acceptors (Lipinski definition) is 3. The number of rotatable bonds is 3. The van der Waals surface area contributed by atoms with Crippen LogP contribution in [0.3, 0.4) is 0 Å². The molecule has 2 heterocycles. The molecule has 7 heteroatoms. The SMILES string of the molecule is C[C@@H]1CCCN(c2c(S(=O)(=O)c3ccc(Cl)cc3)c[nH+]c3ccc(F)cc23)C1. The van der Waals surface area contributed by atoms with Crippen LogP contribution in [0.15, 0.2) is 58.5 Å². The average Bonchev–Trinajstić information content (AvgIpc) is 2.67. The van der Waals surface area contributed by atoms with Gasteiger partial charge in [0.2, 0.25) is 15.4 Å². The fourth-order valence-electron chi connectivity index (χ4n) is 3.85. The minimum Gasteiger partial charge on any atom is -0.369 e. The second-order valence-electron chi connectivity index (χ2n) is 7.34. The Balaban J connectivity index is 1.97. The molecule has 1 aliphatic rings. The van der Waals surface area contributed by atoms with Gasteiger partial charge in [-0.1, -0.05) is 18.5 Å². The molecule has 1 saturated heterocycles. The van der Waals surface area contributed by atoms with E-state index < -0.39 is 15.7 Å². The van der Waals surface area contributed by atoms with E-state index in [9.17, 15) is 12.8 Å². The van der Waals surface area contributed by atoms with Crippen LogP contribution >= 0.6 is 11.6 Å². The van der Waals surface area contributed by atoms with Gasteiger partial charge >= 0.3 is 0 Å². The van der Waals surface area contributed by atoms with Crippen LogP contribution in [0, 0.1) is 11.7 Å². The van der Waals surface area contributed by atoms with E-state index in [4.69, 9.17) is 11.6 Å².